The molecule has 3 fully saturated rings. The van der Waals surface area contributed by atoms with Gasteiger partial charge in [0.1, 0.15) is 11.6 Å². The highest BCUT2D eigenvalue weighted by Gasteiger charge is 2.51. The predicted octanol–water partition coefficient (Wildman–Crippen LogP) is 0.572. The van der Waals surface area contributed by atoms with Crippen LogP contribution in [0.1, 0.15) is 69.8 Å². The number of carbonyl (C=O) groups is 3. The molecule has 2 saturated heterocycles. The Morgan fingerprint density at radius 1 is 1.08 bits per heavy atom. The number of benzene rings is 1. The molecular weight excluding hydrogens is 484 g/mol. The number of hydrogen-bond donors (Lipinski definition) is 5. The molecule has 1 saturated carbocycles. The number of hydrazine groups is 1. The zero-order valence-corrected chi connectivity index (χ0v) is 22.3. The lowest BCUT2D eigenvalue weighted by Crippen LogP contribution is -2.67. The van der Waals surface area contributed by atoms with Gasteiger partial charge >= 0.3 is 0 Å². The standard InChI is InChI=1S/C28H44N6O4/c29-16-8-7-13-22(24(35)26(37)31-21-11-5-2-6-12-21)32-25(36)23-14-17-33-18-15-28(30,27(38)34(23)33)19-20-9-3-1-4-10-20/h1,3-4,9-10,21-24,35H,2,5-8,11-19,29-30H2,(H,31,37)(H,32,36)/t22-,23-,24-,28+/m0/s1. The summed E-state index contributed by atoms with van der Waals surface area (Å²) in [5.41, 5.74) is 12.2. The lowest BCUT2D eigenvalue weighted by Gasteiger charge is -2.44. The fourth-order valence-corrected chi connectivity index (χ4v) is 6.03. The summed E-state index contributed by atoms with van der Waals surface area (Å²) in [4.78, 5) is 40.1. The monoisotopic (exact) mass is 528 g/mol. The molecule has 0 bridgehead atoms. The van der Waals surface area contributed by atoms with E-state index >= 15 is 0 Å². The van der Waals surface area contributed by atoms with Gasteiger partial charge in [-0.15, -0.1) is 0 Å². The summed E-state index contributed by atoms with van der Waals surface area (Å²) < 4.78 is 0. The number of rotatable bonds is 11. The summed E-state index contributed by atoms with van der Waals surface area (Å²) in [6.07, 6.45) is 6.90. The molecule has 4 atom stereocenters. The Bertz CT molecular complexity index is 956. The second kappa shape index (κ2) is 13.0. The second-order valence-corrected chi connectivity index (χ2v) is 11.2. The highest BCUT2D eigenvalue weighted by Crippen LogP contribution is 2.31. The van der Waals surface area contributed by atoms with Crippen molar-refractivity contribution in [3.05, 3.63) is 35.9 Å². The third-order valence-corrected chi connectivity index (χ3v) is 8.27. The van der Waals surface area contributed by atoms with Crippen LogP contribution in [0.4, 0.5) is 0 Å². The van der Waals surface area contributed by atoms with Crippen molar-refractivity contribution in [3.63, 3.8) is 0 Å². The molecular formula is C28H44N6O4. The maximum atomic E-state index is 13.7. The summed E-state index contributed by atoms with van der Waals surface area (Å²) in [7, 11) is 0. The van der Waals surface area contributed by atoms with E-state index in [1.807, 2.05) is 35.3 Å². The normalized spacial score (nSPS) is 26.0. The third kappa shape index (κ3) is 6.72. The molecule has 1 aliphatic carbocycles. The van der Waals surface area contributed by atoms with Crippen LogP contribution in [0.5, 0.6) is 0 Å². The Morgan fingerprint density at radius 3 is 2.53 bits per heavy atom. The van der Waals surface area contributed by atoms with Crippen LogP contribution in [0.2, 0.25) is 0 Å². The van der Waals surface area contributed by atoms with Gasteiger partial charge in [-0.25, -0.2) is 5.01 Å². The molecule has 3 aliphatic rings. The Kier molecular flexibility index (Phi) is 9.75. The number of carbonyl (C=O) groups excluding carboxylic acids is 3. The first kappa shape index (κ1) is 28.5. The van der Waals surface area contributed by atoms with Gasteiger partial charge in [-0.2, -0.15) is 0 Å². The van der Waals surface area contributed by atoms with E-state index in [0.29, 0.717) is 51.7 Å². The van der Waals surface area contributed by atoms with Gasteiger partial charge in [0.05, 0.1) is 6.04 Å². The van der Waals surface area contributed by atoms with Gasteiger partial charge in [0, 0.05) is 19.1 Å². The minimum absolute atomic E-state index is 0.0583. The average Bonchev–Trinajstić information content (AvgIpc) is 3.36. The molecule has 7 N–H and O–H groups in total. The average molecular weight is 529 g/mol. The first-order chi connectivity index (χ1) is 18.3. The van der Waals surface area contributed by atoms with Gasteiger partial charge in [0.2, 0.25) is 5.91 Å². The fourth-order valence-electron chi connectivity index (χ4n) is 6.03. The van der Waals surface area contributed by atoms with Gasteiger partial charge in [-0.1, -0.05) is 56.0 Å². The first-order valence-electron chi connectivity index (χ1n) is 14.2. The second-order valence-electron chi connectivity index (χ2n) is 11.2. The van der Waals surface area contributed by atoms with E-state index in [-0.39, 0.29) is 17.9 Å². The molecule has 0 unspecified atom stereocenters. The van der Waals surface area contributed by atoms with E-state index in [1.54, 1.807) is 0 Å². The summed E-state index contributed by atoms with van der Waals surface area (Å²) in [5.74, 6) is -1.09. The van der Waals surface area contributed by atoms with E-state index in [0.717, 1.165) is 44.1 Å². The van der Waals surface area contributed by atoms with E-state index < -0.39 is 29.6 Å². The van der Waals surface area contributed by atoms with Crippen molar-refractivity contribution in [1.29, 1.82) is 0 Å². The molecule has 0 aromatic heterocycles. The highest BCUT2D eigenvalue weighted by molar-refractivity contribution is 5.93. The van der Waals surface area contributed by atoms with Crippen molar-refractivity contribution < 1.29 is 19.5 Å². The van der Waals surface area contributed by atoms with Crippen LogP contribution in [0.25, 0.3) is 0 Å². The molecule has 210 valence electrons. The zero-order valence-electron chi connectivity index (χ0n) is 22.3. The van der Waals surface area contributed by atoms with E-state index in [1.165, 1.54) is 5.01 Å². The number of nitrogens with one attached hydrogen (secondary N) is 2. The number of aliphatic hydroxyl groups excluding tert-OH is 1. The van der Waals surface area contributed by atoms with Crippen LogP contribution in [0.15, 0.2) is 30.3 Å². The van der Waals surface area contributed by atoms with E-state index in [4.69, 9.17) is 11.5 Å². The Morgan fingerprint density at radius 2 is 1.82 bits per heavy atom. The maximum Gasteiger partial charge on any atom is 0.258 e. The quantitative estimate of drug-likeness (QED) is 0.263. The van der Waals surface area contributed by atoms with Crippen LogP contribution in [0, 0.1) is 0 Å². The molecule has 4 rings (SSSR count). The van der Waals surface area contributed by atoms with Crippen molar-refractivity contribution in [1.82, 2.24) is 20.7 Å². The lowest BCUT2D eigenvalue weighted by atomic mass is 9.85. The third-order valence-electron chi connectivity index (χ3n) is 8.27. The van der Waals surface area contributed by atoms with Crippen molar-refractivity contribution in [2.75, 3.05) is 19.6 Å². The van der Waals surface area contributed by atoms with Gasteiger partial charge in [-0.3, -0.25) is 19.4 Å². The molecule has 2 aliphatic heterocycles. The highest BCUT2D eigenvalue weighted by atomic mass is 16.3. The lowest BCUT2D eigenvalue weighted by molar-refractivity contribution is -0.165. The van der Waals surface area contributed by atoms with Crippen LogP contribution in [-0.4, -0.2) is 82.2 Å². The Balaban J connectivity index is 1.43. The number of nitrogens with two attached hydrogens (primary N) is 2. The van der Waals surface area contributed by atoms with Crippen LogP contribution < -0.4 is 22.1 Å². The molecule has 10 heteroatoms. The number of nitrogens with zero attached hydrogens (tertiary/aromatic N) is 2. The summed E-state index contributed by atoms with van der Waals surface area (Å²) in [6.45, 7) is 1.66. The number of aliphatic hydroxyl groups is 1. The van der Waals surface area contributed by atoms with Gasteiger partial charge in [-0.05, 0) is 57.1 Å². The summed E-state index contributed by atoms with van der Waals surface area (Å²) in [6, 6.07) is 8.23. The SMILES string of the molecule is NCCCC[C@H](NC(=O)[C@@H]1CCN2CC[C@@](N)(Cc3ccccc3)C(=O)N12)[C@H](O)C(=O)NC1CCCCC1. The summed E-state index contributed by atoms with van der Waals surface area (Å²) >= 11 is 0. The Labute approximate surface area is 225 Å². The van der Waals surface area contributed by atoms with Crippen LogP contribution in [-0.2, 0) is 20.8 Å². The van der Waals surface area contributed by atoms with Crippen molar-refractivity contribution in [2.24, 2.45) is 11.5 Å². The van der Waals surface area contributed by atoms with Crippen LogP contribution in [0.3, 0.4) is 0 Å². The molecule has 1 aromatic carbocycles. The molecule has 0 spiro atoms. The summed E-state index contributed by atoms with van der Waals surface area (Å²) in [5, 5.41) is 20.3. The molecule has 38 heavy (non-hydrogen) atoms. The van der Waals surface area contributed by atoms with Crippen LogP contribution >= 0.6 is 0 Å². The molecule has 2 heterocycles. The van der Waals surface area contributed by atoms with Crippen molar-refractivity contribution in [3.8, 4) is 0 Å². The van der Waals surface area contributed by atoms with E-state index in [9.17, 15) is 19.5 Å². The first-order valence-corrected chi connectivity index (χ1v) is 14.2. The predicted molar refractivity (Wildman–Crippen MR) is 144 cm³/mol. The Hall–Kier alpha value is -2.53. The van der Waals surface area contributed by atoms with E-state index in [2.05, 4.69) is 10.6 Å². The minimum atomic E-state index is -1.38. The largest absolute Gasteiger partial charge is 0.381 e. The number of fused-ring (bicyclic) bond motifs is 1. The maximum absolute atomic E-state index is 13.7. The fraction of sp³-hybridized carbons (Fsp3) is 0.679. The zero-order chi connectivity index (χ0) is 27.1. The number of hydrogen-bond acceptors (Lipinski definition) is 7. The topological polar surface area (TPSA) is 154 Å². The molecule has 1 aromatic rings. The van der Waals surface area contributed by atoms with Gasteiger partial charge in [0.25, 0.3) is 11.8 Å². The van der Waals surface area contributed by atoms with Gasteiger partial charge < -0.3 is 27.2 Å². The number of unbranched alkanes of at least 4 members (excludes halogenated alkanes) is 1. The molecule has 10 nitrogen and oxygen atoms in total. The number of amides is 3. The van der Waals surface area contributed by atoms with Crippen molar-refractivity contribution in [2.45, 2.75) is 100 Å². The molecule has 3 amide bonds. The minimum Gasteiger partial charge on any atom is -0.381 e. The van der Waals surface area contributed by atoms with Gasteiger partial charge in [0.15, 0.2) is 6.10 Å². The van der Waals surface area contributed by atoms with Crippen molar-refractivity contribution >= 4 is 17.7 Å². The smallest absolute Gasteiger partial charge is 0.258 e. The molecule has 0 radical (unpaired) electrons.